The fourth-order valence-electron chi connectivity index (χ4n) is 2.53. The van der Waals surface area contributed by atoms with Crippen LogP contribution in [0.2, 0.25) is 0 Å². The molecule has 8 heteroatoms. The number of aliphatic carboxylic acids is 1. The van der Waals surface area contributed by atoms with Crippen LogP contribution in [0.4, 0.5) is 13.2 Å². The number of amides is 1. The van der Waals surface area contributed by atoms with Crippen LogP contribution in [0.5, 0.6) is 0 Å². The van der Waals surface area contributed by atoms with Crippen molar-refractivity contribution in [1.82, 2.24) is 5.32 Å². The number of hydrogen-bond donors (Lipinski definition) is 2. The van der Waals surface area contributed by atoms with E-state index in [1.54, 1.807) is 13.8 Å². The smallest absolute Gasteiger partial charge is 0.416 e. The number of nitrogens with one attached hydrogen (secondary N) is 1. The molecule has 1 aromatic carbocycles. The lowest BCUT2D eigenvalue weighted by atomic mass is 9.94. The molecular weight excluding hydrogens is 339 g/mol. The Morgan fingerprint density at radius 3 is 2.48 bits per heavy atom. The molecule has 0 aromatic heterocycles. The van der Waals surface area contributed by atoms with Gasteiger partial charge in [0.05, 0.1) is 24.1 Å². The molecule has 2 unspecified atom stereocenters. The minimum absolute atomic E-state index is 0.00131. The number of ether oxygens (including phenoxy) is 1. The Bertz CT molecular complexity index is 618. The van der Waals surface area contributed by atoms with Gasteiger partial charge in [0.2, 0.25) is 5.91 Å². The third-order valence-electron chi connectivity index (χ3n) is 3.67. The van der Waals surface area contributed by atoms with Gasteiger partial charge >= 0.3 is 12.1 Å². The zero-order chi connectivity index (χ0) is 19.3. The van der Waals surface area contributed by atoms with Crippen molar-refractivity contribution in [2.75, 3.05) is 13.7 Å². The van der Waals surface area contributed by atoms with E-state index in [1.807, 2.05) is 0 Å². The van der Waals surface area contributed by atoms with E-state index in [2.05, 4.69) is 5.32 Å². The van der Waals surface area contributed by atoms with Crippen molar-refractivity contribution in [2.24, 2.45) is 5.92 Å². The summed E-state index contributed by atoms with van der Waals surface area (Å²) in [4.78, 5) is 23.3. The summed E-state index contributed by atoms with van der Waals surface area (Å²) in [7, 11) is 1.39. The van der Waals surface area contributed by atoms with Crippen molar-refractivity contribution >= 4 is 11.9 Å². The summed E-state index contributed by atoms with van der Waals surface area (Å²) in [5, 5.41) is 11.6. The number of rotatable bonds is 8. The zero-order valence-electron chi connectivity index (χ0n) is 14.3. The van der Waals surface area contributed by atoms with Crippen molar-refractivity contribution in [3.8, 4) is 0 Å². The third-order valence-corrected chi connectivity index (χ3v) is 3.67. The minimum Gasteiger partial charge on any atom is -0.481 e. The monoisotopic (exact) mass is 361 g/mol. The van der Waals surface area contributed by atoms with Gasteiger partial charge in [-0.3, -0.25) is 9.59 Å². The largest absolute Gasteiger partial charge is 0.481 e. The van der Waals surface area contributed by atoms with E-state index in [4.69, 9.17) is 9.84 Å². The van der Waals surface area contributed by atoms with E-state index >= 15 is 0 Å². The van der Waals surface area contributed by atoms with Gasteiger partial charge in [-0.05, 0) is 25.0 Å². The lowest BCUT2D eigenvalue weighted by Gasteiger charge is -2.30. The number of alkyl halides is 3. The van der Waals surface area contributed by atoms with Crippen LogP contribution >= 0.6 is 0 Å². The average Bonchev–Trinajstić information content (AvgIpc) is 2.45. The highest BCUT2D eigenvalue weighted by Gasteiger charge is 2.32. The molecule has 2 N–H and O–H groups in total. The summed E-state index contributed by atoms with van der Waals surface area (Å²) in [6, 6.07) is 4.79. The van der Waals surface area contributed by atoms with Gasteiger partial charge in [0.15, 0.2) is 0 Å². The van der Waals surface area contributed by atoms with Crippen LogP contribution in [0.3, 0.4) is 0 Å². The zero-order valence-corrected chi connectivity index (χ0v) is 14.3. The molecule has 25 heavy (non-hydrogen) atoms. The molecule has 0 spiro atoms. The van der Waals surface area contributed by atoms with Crippen molar-refractivity contribution < 1.29 is 32.6 Å². The predicted molar refractivity (Wildman–Crippen MR) is 85.0 cm³/mol. The highest BCUT2D eigenvalue weighted by Crippen LogP contribution is 2.30. The number of halogens is 3. The second kappa shape index (κ2) is 8.33. The number of carboxylic acids is 1. The maximum absolute atomic E-state index is 12.7. The van der Waals surface area contributed by atoms with E-state index in [-0.39, 0.29) is 19.4 Å². The molecule has 0 aliphatic heterocycles. The lowest BCUT2D eigenvalue weighted by molar-refractivity contribution is -0.140. The maximum Gasteiger partial charge on any atom is 0.416 e. The molecule has 1 rings (SSSR count). The second-order valence-electron chi connectivity index (χ2n) is 6.36. The summed E-state index contributed by atoms with van der Waals surface area (Å²) in [6.07, 6.45) is -4.67. The van der Waals surface area contributed by atoms with Crippen LogP contribution in [0.1, 0.15) is 31.4 Å². The Morgan fingerprint density at radius 2 is 1.96 bits per heavy atom. The van der Waals surface area contributed by atoms with E-state index < -0.39 is 35.1 Å². The van der Waals surface area contributed by atoms with Crippen molar-refractivity contribution in [1.29, 1.82) is 0 Å². The van der Waals surface area contributed by atoms with E-state index in [9.17, 15) is 22.8 Å². The molecule has 1 aromatic rings. The first kappa shape index (κ1) is 21.0. The number of methoxy groups -OCH3 is 1. The summed E-state index contributed by atoms with van der Waals surface area (Å²) in [6.45, 7) is 3.12. The summed E-state index contributed by atoms with van der Waals surface area (Å²) in [5.41, 5.74) is -1.49. The standard InChI is InChI=1S/C17H22F3NO4/c1-11(7-12-5-4-6-13(8-12)17(18,19)20)15(24)21-16(2,10-25-3)9-14(22)23/h4-6,8,11H,7,9-10H2,1-3H3,(H,21,24)(H,22,23). The topological polar surface area (TPSA) is 75.6 Å². The van der Waals surface area contributed by atoms with E-state index in [1.165, 1.54) is 19.2 Å². The second-order valence-corrected chi connectivity index (χ2v) is 6.36. The molecule has 5 nitrogen and oxygen atoms in total. The molecule has 0 saturated carbocycles. The molecule has 0 heterocycles. The van der Waals surface area contributed by atoms with Crippen LogP contribution in [0, 0.1) is 5.92 Å². The van der Waals surface area contributed by atoms with E-state index in [0.717, 1.165) is 12.1 Å². The van der Waals surface area contributed by atoms with Gasteiger partial charge < -0.3 is 15.2 Å². The Kier molecular flexibility index (Phi) is 6.98. The number of carbonyl (C=O) groups excluding carboxylic acids is 1. The summed E-state index contributed by atoms with van der Waals surface area (Å²) < 4.78 is 43.2. The van der Waals surface area contributed by atoms with Crippen LogP contribution in [-0.2, 0) is 26.9 Å². The summed E-state index contributed by atoms with van der Waals surface area (Å²) >= 11 is 0. The van der Waals surface area contributed by atoms with Crippen molar-refractivity contribution in [3.05, 3.63) is 35.4 Å². The van der Waals surface area contributed by atoms with Gasteiger partial charge in [-0.25, -0.2) is 0 Å². The van der Waals surface area contributed by atoms with Crippen molar-refractivity contribution in [2.45, 2.75) is 38.4 Å². The first-order valence-electron chi connectivity index (χ1n) is 7.66. The lowest BCUT2D eigenvalue weighted by Crippen LogP contribution is -2.52. The fraction of sp³-hybridized carbons (Fsp3) is 0.529. The van der Waals surface area contributed by atoms with Gasteiger partial charge in [0, 0.05) is 13.0 Å². The Balaban J connectivity index is 2.81. The van der Waals surface area contributed by atoms with Gasteiger partial charge in [-0.15, -0.1) is 0 Å². The van der Waals surface area contributed by atoms with Gasteiger partial charge in [-0.1, -0.05) is 25.1 Å². The molecule has 2 atom stereocenters. The normalized spacial score (nSPS) is 15.3. The Morgan fingerprint density at radius 1 is 1.32 bits per heavy atom. The molecule has 0 radical (unpaired) electrons. The third kappa shape index (κ3) is 6.74. The van der Waals surface area contributed by atoms with Crippen LogP contribution < -0.4 is 5.32 Å². The van der Waals surface area contributed by atoms with Gasteiger partial charge in [0.1, 0.15) is 0 Å². The quantitative estimate of drug-likeness (QED) is 0.747. The van der Waals surface area contributed by atoms with Gasteiger partial charge in [0.25, 0.3) is 0 Å². The molecule has 0 aliphatic carbocycles. The number of carboxylic acid groups (broad SMARTS) is 1. The first-order valence-corrected chi connectivity index (χ1v) is 7.66. The minimum atomic E-state index is -4.44. The molecular formula is C17H22F3NO4. The molecule has 1 amide bonds. The van der Waals surface area contributed by atoms with Crippen LogP contribution in [-0.4, -0.2) is 36.2 Å². The Hall–Kier alpha value is -2.09. The molecule has 140 valence electrons. The predicted octanol–water partition coefficient (Wildman–Crippen LogP) is 2.88. The average molecular weight is 361 g/mol. The van der Waals surface area contributed by atoms with Gasteiger partial charge in [-0.2, -0.15) is 13.2 Å². The first-order chi connectivity index (χ1) is 11.5. The van der Waals surface area contributed by atoms with Crippen molar-refractivity contribution in [3.63, 3.8) is 0 Å². The number of carbonyl (C=O) groups is 2. The molecule has 0 saturated heterocycles. The molecule has 0 aliphatic rings. The molecule has 0 fully saturated rings. The molecule has 0 bridgehead atoms. The fourth-order valence-corrected chi connectivity index (χ4v) is 2.53. The highest BCUT2D eigenvalue weighted by atomic mass is 19.4. The van der Waals surface area contributed by atoms with Crippen LogP contribution in [0.15, 0.2) is 24.3 Å². The highest BCUT2D eigenvalue weighted by molar-refractivity contribution is 5.80. The van der Waals surface area contributed by atoms with Crippen LogP contribution in [0.25, 0.3) is 0 Å². The summed E-state index contributed by atoms with van der Waals surface area (Å²) in [5.74, 6) is -2.17. The number of hydrogen-bond acceptors (Lipinski definition) is 3. The SMILES string of the molecule is COCC(C)(CC(=O)O)NC(=O)C(C)Cc1cccc(C(F)(F)F)c1. The Labute approximate surface area is 144 Å². The van der Waals surface area contributed by atoms with E-state index in [0.29, 0.717) is 5.56 Å². The maximum atomic E-state index is 12.7. The number of benzene rings is 1.